The Morgan fingerprint density at radius 3 is 1.08 bits per heavy atom. The molecule has 0 saturated carbocycles. The first kappa shape index (κ1) is 73.2. The second kappa shape index (κ2) is 55.5. The summed E-state index contributed by atoms with van der Waals surface area (Å²) in [6, 6.07) is -1.05. The maximum absolute atomic E-state index is 13.0. The van der Waals surface area contributed by atoms with Crippen molar-refractivity contribution in [3.63, 3.8) is 0 Å². The molecule has 4 atom stereocenters. The van der Waals surface area contributed by atoms with Gasteiger partial charge in [-0.15, -0.1) is 0 Å². The van der Waals surface area contributed by atoms with Crippen molar-refractivity contribution in [2.75, 3.05) is 40.9 Å². The van der Waals surface area contributed by atoms with E-state index in [1.807, 2.05) is 21.1 Å². The second-order valence-electron chi connectivity index (χ2n) is 24.0. The molecule has 4 unspecified atom stereocenters. The molecule has 74 heavy (non-hydrogen) atoms. The highest BCUT2D eigenvalue weighted by Gasteiger charge is 2.32. The summed E-state index contributed by atoms with van der Waals surface area (Å²) in [5.74, 6) is -0.261. The average molecular weight is 1070 g/mol. The zero-order valence-corrected chi connectivity index (χ0v) is 51.1. The summed E-state index contributed by atoms with van der Waals surface area (Å²) >= 11 is 0. The Hall–Kier alpha value is -0.800. The number of rotatable bonds is 61. The Morgan fingerprint density at radius 1 is 0.459 bits per heavy atom. The predicted molar refractivity (Wildman–Crippen MR) is 320 cm³/mol. The van der Waals surface area contributed by atoms with Gasteiger partial charge in [-0.25, -0.2) is 4.57 Å². The molecule has 0 aliphatic heterocycles. The smallest absolute Gasteiger partial charge is 0.390 e. The summed E-state index contributed by atoms with van der Waals surface area (Å²) in [6.07, 6.45) is 66.5. The standard InChI is InChI=1S/C64H129N2O7P/c1-6-8-10-12-14-16-18-20-21-22-23-24-25-26-27-28-29-30-31-32-33-34-35-36-37-38-39-40-41-42-43-44-45-47-49-51-53-55-57-63(68)65-61(60-73-74(70,71)72-59-58-66(3,4)5)64(69)62(67)56-54-52-50-48-46-19-17-15-13-11-9-7-2/h48,50,61-62,64,67,69H,6-47,49,51-60H2,1-5H3,(H-,65,68,70,71)/p+1/b50-48+. The van der Waals surface area contributed by atoms with Crippen LogP contribution in [-0.4, -0.2) is 84.6 Å². The number of hydrogen-bond acceptors (Lipinski definition) is 6. The molecule has 9 nitrogen and oxygen atoms in total. The van der Waals surface area contributed by atoms with E-state index in [0.29, 0.717) is 30.3 Å². The lowest BCUT2D eigenvalue weighted by Crippen LogP contribution is -2.51. The minimum atomic E-state index is -4.43. The lowest BCUT2D eigenvalue weighted by Gasteiger charge is -2.28. The molecule has 4 N–H and O–H groups in total. The number of likely N-dealkylation sites (N-methyl/N-ethyl adjacent to an activating group) is 1. The summed E-state index contributed by atoms with van der Waals surface area (Å²) in [6.45, 7) is 4.62. The lowest BCUT2D eigenvalue weighted by atomic mass is 10.0. The van der Waals surface area contributed by atoms with Crippen LogP contribution in [0.1, 0.15) is 335 Å². The van der Waals surface area contributed by atoms with Crippen LogP contribution in [0.5, 0.6) is 0 Å². The molecule has 0 bridgehead atoms. The lowest BCUT2D eigenvalue weighted by molar-refractivity contribution is -0.870. The molecule has 0 heterocycles. The van der Waals surface area contributed by atoms with Gasteiger partial charge in [0.05, 0.1) is 39.9 Å². The molecule has 0 aromatic rings. The second-order valence-corrected chi connectivity index (χ2v) is 25.4. The summed E-state index contributed by atoms with van der Waals surface area (Å²) in [5, 5.41) is 24.8. The molecule has 1 amide bonds. The van der Waals surface area contributed by atoms with Crippen molar-refractivity contribution >= 4 is 13.7 Å². The van der Waals surface area contributed by atoms with Gasteiger partial charge in [0.2, 0.25) is 5.91 Å². The van der Waals surface area contributed by atoms with Gasteiger partial charge >= 0.3 is 7.82 Å². The number of aliphatic hydroxyl groups excluding tert-OH is 2. The highest BCUT2D eigenvalue weighted by molar-refractivity contribution is 7.47. The van der Waals surface area contributed by atoms with E-state index < -0.39 is 32.7 Å². The number of aliphatic hydroxyl groups is 2. The highest BCUT2D eigenvalue weighted by atomic mass is 31.2. The molecule has 0 aliphatic carbocycles. The Balaban J connectivity index is 3.90. The monoisotopic (exact) mass is 1070 g/mol. The van der Waals surface area contributed by atoms with E-state index in [1.54, 1.807) is 0 Å². The maximum Gasteiger partial charge on any atom is 0.472 e. The number of amides is 1. The van der Waals surface area contributed by atoms with Crippen LogP contribution in [0.25, 0.3) is 0 Å². The van der Waals surface area contributed by atoms with Gasteiger partial charge in [0.1, 0.15) is 19.3 Å². The Labute approximate surface area is 461 Å². The van der Waals surface area contributed by atoms with Crippen molar-refractivity contribution < 1.29 is 38.0 Å². The van der Waals surface area contributed by atoms with Gasteiger partial charge in [-0.2, -0.15) is 0 Å². The third-order valence-corrected chi connectivity index (χ3v) is 16.3. The van der Waals surface area contributed by atoms with Gasteiger partial charge in [0.15, 0.2) is 0 Å². The number of nitrogens with zero attached hydrogens (tertiary/aromatic N) is 1. The third-order valence-electron chi connectivity index (χ3n) is 15.4. The van der Waals surface area contributed by atoms with Crippen LogP contribution >= 0.6 is 7.82 Å². The SMILES string of the molecule is CCCCCCCCC/C=C/CCCC(O)C(O)C(COP(=O)(O)OCC[N+](C)(C)C)NC(=O)CCCCCCCCCCCCCCCCCCCCCCCCCCCCCCCCCCCCCCCC. The molecule has 0 fully saturated rings. The maximum atomic E-state index is 13.0. The number of allylic oxidation sites excluding steroid dienone is 2. The number of unbranched alkanes of at least 4 members (excludes halogenated alkanes) is 45. The van der Waals surface area contributed by atoms with E-state index in [-0.39, 0.29) is 12.5 Å². The van der Waals surface area contributed by atoms with Crippen molar-refractivity contribution in [3.05, 3.63) is 12.2 Å². The van der Waals surface area contributed by atoms with E-state index in [2.05, 4.69) is 31.3 Å². The Bertz CT molecular complexity index is 1230. The minimum absolute atomic E-state index is 0.0196. The highest BCUT2D eigenvalue weighted by Crippen LogP contribution is 2.43. The fraction of sp³-hybridized carbons (Fsp3) is 0.953. The fourth-order valence-corrected chi connectivity index (χ4v) is 10.9. The van der Waals surface area contributed by atoms with E-state index >= 15 is 0 Å². The van der Waals surface area contributed by atoms with Crippen LogP contribution in [0.15, 0.2) is 12.2 Å². The summed E-state index contributed by atoms with van der Waals surface area (Å²) in [7, 11) is 1.43. The molecule has 10 heteroatoms. The third kappa shape index (κ3) is 55.9. The number of quaternary nitrogens is 1. The molecule has 0 spiro atoms. The first-order chi connectivity index (χ1) is 35.9. The Kier molecular flexibility index (Phi) is 54.9. The molecule has 0 aliphatic rings. The quantitative estimate of drug-likeness (QED) is 0.0207. The molecular weight excluding hydrogens is 940 g/mol. The topological polar surface area (TPSA) is 125 Å². The first-order valence-electron chi connectivity index (χ1n) is 32.6. The van der Waals surface area contributed by atoms with Gasteiger partial charge in [-0.05, 0) is 38.5 Å². The zero-order valence-electron chi connectivity index (χ0n) is 50.2. The van der Waals surface area contributed by atoms with Crippen LogP contribution in [0.3, 0.4) is 0 Å². The van der Waals surface area contributed by atoms with Gasteiger partial charge in [-0.1, -0.05) is 302 Å². The van der Waals surface area contributed by atoms with Crippen molar-refractivity contribution in [2.24, 2.45) is 0 Å². The van der Waals surface area contributed by atoms with Gasteiger partial charge < -0.3 is 24.9 Å². The average Bonchev–Trinajstić information content (AvgIpc) is 3.36. The molecule has 0 rings (SSSR count). The zero-order chi connectivity index (χ0) is 54.3. The summed E-state index contributed by atoms with van der Waals surface area (Å²) < 4.78 is 23.6. The van der Waals surface area contributed by atoms with Crippen molar-refractivity contribution in [1.82, 2.24) is 5.32 Å². The number of carbonyl (C=O) groups is 1. The van der Waals surface area contributed by atoms with E-state index in [1.165, 1.54) is 270 Å². The van der Waals surface area contributed by atoms with Crippen LogP contribution in [0.2, 0.25) is 0 Å². The molecule has 0 aromatic heterocycles. The minimum Gasteiger partial charge on any atom is -0.390 e. The largest absolute Gasteiger partial charge is 0.472 e. The van der Waals surface area contributed by atoms with E-state index in [0.717, 1.165) is 32.1 Å². The van der Waals surface area contributed by atoms with Crippen molar-refractivity contribution in [2.45, 2.75) is 353 Å². The van der Waals surface area contributed by atoms with Crippen LogP contribution in [0, 0.1) is 0 Å². The van der Waals surface area contributed by atoms with Crippen LogP contribution < -0.4 is 5.32 Å². The molecule has 0 saturated heterocycles. The van der Waals surface area contributed by atoms with Crippen molar-refractivity contribution in [3.8, 4) is 0 Å². The number of carbonyl (C=O) groups excluding carboxylic acids is 1. The predicted octanol–water partition coefficient (Wildman–Crippen LogP) is 19.1. The number of hydrogen-bond donors (Lipinski definition) is 4. The Morgan fingerprint density at radius 2 is 0.757 bits per heavy atom. The van der Waals surface area contributed by atoms with E-state index in [9.17, 15) is 24.5 Å². The molecular formula is C64H130N2O7P+. The molecule has 0 radical (unpaired) electrons. The normalized spacial score (nSPS) is 14.2. The summed E-state index contributed by atoms with van der Waals surface area (Å²) in [4.78, 5) is 23.3. The number of phosphoric ester groups is 1. The van der Waals surface area contributed by atoms with Crippen LogP contribution in [-0.2, 0) is 18.4 Å². The number of nitrogens with one attached hydrogen (secondary N) is 1. The van der Waals surface area contributed by atoms with E-state index in [4.69, 9.17) is 9.05 Å². The van der Waals surface area contributed by atoms with Gasteiger partial charge in [-0.3, -0.25) is 13.8 Å². The van der Waals surface area contributed by atoms with Crippen LogP contribution in [0.4, 0.5) is 0 Å². The first-order valence-corrected chi connectivity index (χ1v) is 34.1. The number of phosphoric acid groups is 1. The fourth-order valence-electron chi connectivity index (χ4n) is 10.2. The molecule has 442 valence electrons. The molecule has 0 aromatic carbocycles. The van der Waals surface area contributed by atoms with Gasteiger partial charge in [0, 0.05) is 6.42 Å². The summed E-state index contributed by atoms with van der Waals surface area (Å²) in [5.41, 5.74) is 0. The van der Waals surface area contributed by atoms with Gasteiger partial charge in [0.25, 0.3) is 0 Å². The van der Waals surface area contributed by atoms with Crippen molar-refractivity contribution in [1.29, 1.82) is 0 Å².